The Hall–Kier alpha value is -1.56. The fraction of sp³-hybridized carbons (Fsp3) is 0.462. The van der Waals surface area contributed by atoms with Crippen molar-refractivity contribution in [3.05, 3.63) is 29.8 Å². The fourth-order valence-corrected chi connectivity index (χ4v) is 2.25. The standard InChI is InChI=1S/C13H19NO4S/c1-10(11-6-4-5-7-12(11)18-2)14-13(15)8-9-19(3,16)17/h4-7,10H,8-9H2,1-3H3,(H,14,15). The Morgan fingerprint density at radius 2 is 2.00 bits per heavy atom. The third-order valence-corrected chi connectivity index (χ3v) is 3.63. The molecular weight excluding hydrogens is 266 g/mol. The van der Waals surface area contributed by atoms with Crippen LogP contribution in [0, 0.1) is 0 Å². The Balaban J connectivity index is 2.64. The summed E-state index contributed by atoms with van der Waals surface area (Å²) in [5.41, 5.74) is 0.859. The summed E-state index contributed by atoms with van der Waals surface area (Å²) in [5.74, 6) is 0.263. The van der Waals surface area contributed by atoms with Crippen molar-refractivity contribution in [1.29, 1.82) is 0 Å². The van der Waals surface area contributed by atoms with Gasteiger partial charge in [-0.15, -0.1) is 0 Å². The molecule has 1 aromatic rings. The Morgan fingerprint density at radius 3 is 2.58 bits per heavy atom. The van der Waals surface area contributed by atoms with Gasteiger partial charge in [-0.1, -0.05) is 18.2 Å². The summed E-state index contributed by atoms with van der Waals surface area (Å²) in [6.45, 7) is 1.83. The van der Waals surface area contributed by atoms with Crippen LogP contribution in [0.2, 0.25) is 0 Å². The smallest absolute Gasteiger partial charge is 0.221 e. The van der Waals surface area contributed by atoms with Gasteiger partial charge in [0, 0.05) is 18.2 Å². The summed E-state index contributed by atoms with van der Waals surface area (Å²) in [6, 6.07) is 7.15. The van der Waals surface area contributed by atoms with Gasteiger partial charge < -0.3 is 10.1 Å². The van der Waals surface area contributed by atoms with Crippen LogP contribution < -0.4 is 10.1 Å². The lowest BCUT2D eigenvalue weighted by Gasteiger charge is -2.17. The topological polar surface area (TPSA) is 72.5 Å². The van der Waals surface area contributed by atoms with Crippen molar-refractivity contribution in [1.82, 2.24) is 5.32 Å². The van der Waals surface area contributed by atoms with Crippen LogP contribution in [0.4, 0.5) is 0 Å². The van der Waals surface area contributed by atoms with Crippen molar-refractivity contribution in [2.24, 2.45) is 0 Å². The monoisotopic (exact) mass is 285 g/mol. The minimum Gasteiger partial charge on any atom is -0.496 e. The third kappa shape index (κ3) is 5.30. The van der Waals surface area contributed by atoms with Crippen LogP contribution in [0.5, 0.6) is 5.75 Å². The predicted octanol–water partition coefficient (Wildman–Crippen LogP) is 1.31. The number of para-hydroxylation sites is 1. The number of amides is 1. The molecule has 0 aliphatic rings. The number of ether oxygens (including phenoxy) is 1. The first-order valence-corrected chi connectivity index (χ1v) is 7.99. The van der Waals surface area contributed by atoms with E-state index in [9.17, 15) is 13.2 Å². The summed E-state index contributed by atoms with van der Waals surface area (Å²) in [7, 11) is -1.55. The van der Waals surface area contributed by atoms with Gasteiger partial charge in [-0.2, -0.15) is 0 Å². The molecule has 106 valence electrons. The molecule has 0 bridgehead atoms. The second-order valence-corrected chi connectivity index (χ2v) is 6.67. The molecule has 1 amide bonds. The van der Waals surface area contributed by atoms with Gasteiger partial charge in [0.15, 0.2) is 0 Å². The van der Waals surface area contributed by atoms with E-state index in [-0.39, 0.29) is 24.1 Å². The number of carbonyl (C=O) groups excluding carboxylic acids is 1. The van der Waals surface area contributed by atoms with Crippen molar-refractivity contribution in [3.8, 4) is 5.75 Å². The van der Waals surface area contributed by atoms with Gasteiger partial charge in [0.05, 0.1) is 18.9 Å². The summed E-state index contributed by atoms with van der Waals surface area (Å²) in [4.78, 5) is 11.7. The Labute approximate surface area is 113 Å². The largest absolute Gasteiger partial charge is 0.496 e. The van der Waals surface area contributed by atoms with Crippen molar-refractivity contribution in [2.75, 3.05) is 19.1 Å². The third-order valence-electron chi connectivity index (χ3n) is 2.68. The highest BCUT2D eigenvalue weighted by Crippen LogP contribution is 2.24. The number of carbonyl (C=O) groups is 1. The summed E-state index contributed by atoms with van der Waals surface area (Å²) >= 11 is 0. The van der Waals surface area contributed by atoms with E-state index in [0.717, 1.165) is 11.8 Å². The van der Waals surface area contributed by atoms with Crippen molar-refractivity contribution in [2.45, 2.75) is 19.4 Å². The first-order chi connectivity index (χ1) is 8.83. The average Bonchev–Trinajstić information content (AvgIpc) is 2.35. The molecule has 0 saturated heterocycles. The molecule has 1 unspecified atom stereocenters. The molecule has 19 heavy (non-hydrogen) atoms. The molecule has 0 saturated carbocycles. The van der Waals surface area contributed by atoms with E-state index in [1.54, 1.807) is 7.11 Å². The van der Waals surface area contributed by atoms with Gasteiger partial charge in [0.25, 0.3) is 0 Å². The van der Waals surface area contributed by atoms with E-state index >= 15 is 0 Å². The Bertz CT molecular complexity index is 539. The van der Waals surface area contributed by atoms with Gasteiger partial charge in [-0.05, 0) is 13.0 Å². The predicted molar refractivity (Wildman–Crippen MR) is 73.9 cm³/mol. The molecule has 0 aromatic heterocycles. The highest BCUT2D eigenvalue weighted by atomic mass is 32.2. The zero-order valence-corrected chi connectivity index (χ0v) is 12.2. The molecule has 0 fully saturated rings. The van der Waals surface area contributed by atoms with E-state index in [0.29, 0.717) is 5.75 Å². The summed E-state index contributed by atoms with van der Waals surface area (Å²) in [5, 5.41) is 2.76. The lowest BCUT2D eigenvalue weighted by Crippen LogP contribution is -2.28. The van der Waals surface area contributed by atoms with Crippen LogP contribution >= 0.6 is 0 Å². The van der Waals surface area contributed by atoms with Crippen LogP contribution in [0.15, 0.2) is 24.3 Å². The highest BCUT2D eigenvalue weighted by molar-refractivity contribution is 7.90. The Kier molecular flexibility index (Phi) is 5.35. The van der Waals surface area contributed by atoms with Crippen LogP contribution in [0.3, 0.4) is 0 Å². The van der Waals surface area contributed by atoms with E-state index < -0.39 is 9.84 Å². The number of methoxy groups -OCH3 is 1. The molecular formula is C13H19NO4S. The number of sulfone groups is 1. The lowest BCUT2D eigenvalue weighted by molar-refractivity contribution is -0.121. The van der Waals surface area contributed by atoms with Gasteiger partial charge in [0.2, 0.25) is 5.91 Å². The minimum absolute atomic E-state index is 0.0294. The van der Waals surface area contributed by atoms with E-state index in [1.165, 1.54) is 0 Å². The van der Waals surface area contributed by atoms with Crippen LogP contribution in [0.1, 0.15) is 24.9 Å². The maximum Gasteiger partial charge on any atom is 0.221 e. The second-order valence-electron chi connectivity index (χ2n) is 4.41. The average molecular weight is 285 g/mol. The maximum absolute atomic E-state index is 11.7. The van der Waals surface area contributed by atoms with E-state index in [2.05, 4.69) is 5.32 Å². The first-order valence-electron chi connectivity index (χ1n) is 5.93. The van der Waals surface area contributed by atoms with Crippen molar-refractivity contribution >= 4 is 15.7 Å². The fourth-order valence-electron chi connectivity index (χ4n) is 1.69. The molecule has 1 rings (SSSR count). The van der Waals surface area contributed by atoms with Crippen LogP contribution in [-0.2, 0) is 14.6 Å². The number of nitrogens with one attached hydrogen (secondary N) is 1. The number of hydrogen-bond acceptors (Lipinski definition) is 4. The molecule has 0 aliphatic heterocycles. The molecule has 0 heterocycles. The van der Waals surface area contributed by atoms with Crippen molar-refractivity contribution in [3.63, 3.8) is 0 Å². The van der Waals surface area contributed by atoms with E-state index in [1.807, 2.05) is 31.2 Å². The second kappa shape index (κ2) is 6.56. The van der Waals surface area contributed by atoms with E-state index in [4.69, 9.17) is 4.74 Å². The van der Waals surface area contributed by atoms with Gasteiger partial charge in [-0.3, -0.25) is 4.79 Å². The summed E-state index contributed by atoms with van der Waals surface area (Å²) in [6.07, 6.45) is 1.09. The Morgan fingerprint density at radius 1 is 1.37 bits per heavy atom. The lowest BCUT2D eigenvalue weighted by atomic mass is 10.1. The van der Waals surface area contributed by atoms with Gasteiger partial charge in [-0.25, -0.2) is 8.42 Å². The molecule has 0 spiro atoms. The molecule has 1 atom stereocenters. The van der Waals surface area contributed by atoms with Crippen molar-refractivity contribution < 1.29 is 17.9 Å². The summed E-state index contributed by atoms with van der Waals surface area (Å²) < 4.78 is 27.2. The zero-order chi connectivity index (χ0) is 14.5. The molecule has 0 radical (unpaired) electrons. The number of rotatable bonds is 6. The van der Waals surface area contributed by atoms with Crippen LogP contribution in [-0.4, -0.2) is 33.4 Å². The molecule has 5 nitrogen and oxygen atoms in total. The van der Waals surface area contributed by atoms with Gasteiger partial charge in [0.1, 0.15) is 15.6 Å². The molecule has 6 heteroatoms. The minimum atomic E-state index is -3.12. The maximum atomic E-state index is 11.7. The molecule has 1 aromatic carbocycles. The normalized spacial score (nSPS) is 12.8. The molecule has 0 aliphatic carbocycles. The molecule has 1 N–H and O–H groups in total. The zero-order valence-electron chi connectivity index (χ0n) is 11.3. The van der Waals surface area contributed by atoms with Crippen LogP contribution in [0.25, 0.3) is 0 Å². The first kappa shape index (κ1) is 15.5. The number of hydrogen-bond donors (Lipinski definition) is 1. The quantitative estimate of drug-likeness (QED) is 0.855. The highest BCUT2D eigenvalue weighted by Gasteiger charge is 2.14. The SMILES string of the molecule is COc1ccccc1C(C)NC(=O)CCS(C)(=O)=O. The number of benzene rings is 1. The van der Waals surface area contributed by atoms with Gasteiger partial charge >= 0.3 is 0 Å².